The summed E-state index contributed by atoms with van der Waals surface area (Å²) in [6.07, 6.45) is 4.86. The summed E-state index contributed by atoms with van der Waals surface area (Å²) in [4.78, 5) is 27.1. The van der Waals surface area contributed by atoms with Crippen LogP contribution in [0.25, 0.3) is 27.7 Å². The number of allylic oxidation sites excluding steroid dienone is 1. The fraction of sp³-hybridized carbons (Fsp3) is 0.379. The van der Waals surface area contributed by atoms with E-state index in [0.717, 1.165) is 57.4 Å². The first-order chi connectivity index (χ1) is 17.4. The zero-order valence-corrected chi connectivity index (χ0v) is 21.6. The van der Waals surface area contributed by atoms with Gasteiger partial charge in [-0.25, -0.2) is 0 Å². The maximum Gasteiger partial charge on any atom is 0.310 e. The number of fused-ring (bicyclic) bond motifs is 1. The molecule has 1 aliphatic heterocycles. The fourth-order valence-corrected chi connectivity index (χ4v) is 4.93. The van der Waals surface area contributed by atoms with Gasteiger partial charge < -0.3 is 23.5 Å². The molecule has 1 amide bonds. The summed E-state index contributed by atoms with van der Waals surface area (Å²) < 4.78 is 22.5. The third-order valence-corrected chi connectivity index (χ3v) is 6.76. The van der Waals surface area contributed by atoms with Gasteiger partial charge in [0.2, 0.25) is 5.91 Å². The van der Waals surface area contributed by atoms with E-state index in [-0.39, 0.29) is 17.8 Å². The Morgan fingerprint density at radius 1 is 1.17 bits per heavy atom. The first-order valence-corrected chi connectivity index (χ1v) is 12.3. The van der Waals surface area contributed by atoms with Crippen molar-refractivity contribution in [3.63, 3.8) is 0 Å². The first kappa shape index (κ1) is 25.4. The molecular weight excluding hydrogens is 458 g/mol. The van der Waals surface area contributed by atoms with Gasteiger partial charge in [-0.1, -0.05) is 18.2 Å². The van der Waals surface area contributed by atoms with E-state index in [1.807, 2.05) is 44.2 Å². The highest BCUT2D eigenvalue weighted by Crippen LogP contribution is 2.42. The fourth-order valence-electron chi connectivity index (χ4n) is 4.93. The second-order valence-corrected chi connectivity index (χ2v) is 9.01. The molecule has 190 valence electrons. The van der Waals surface area contributed by atoms with Crippen molar-refractivity contribution in [2.24, 2.45) is 5.92 Å². The quantitative estimate of drug-likeness (QED) is 0.315. The summed E-state index contributed by atoms with van der Waals surface area (Å²) in [6.45, 7) is 6.97. The van der Waals surface area contributed by atoms with Gasteiger partial charge in [0.15, 0.2) is 0 Å². The van der Waals surface area contributed by atoms with E-state index < -0.39 is 0 Å². The van der Waals surface area contributed by atoms with Crippen molar-refractivity contribution >= 4 is 28.4 Å². The van der Waals surface area contributed by atoms with Crippen LogP contribution >= 0.6 is 0 Å². The lowest BCUT2D eigenvalue weighted by Gasteiger charge is -2.31. The zero-order chi connectivity index (χ0) is 25.8. The van der Waals surface area contributed by atoms with E-state index in [0.29, 0.717) is 25.4 Å². The number of amides is 1. The molecule has 0 N–H and O–H groups in total. The average molecular weight is 492 g/mol. The Labute approximate surface area is 211 Å². The van der Waals surface area contributed by atoms with E-state index in [9.17, 15) is 9.59 Å². The summed E-state index contributed by atoms with van der Waals surface area (Å²) in [6, 6.07) is 9.79. The second kappa shape index (κ2) is 10.9. The van der Waals surface area contributed by atoms with Crippen LogP contribution in [-0.2, 0) is 14.3 Å². The number of piperidine rings is 1. The molecular formula is C29H33NO6. The number of carbonyl (C=O) groups excluding carboxylic acids is 2. The SMILES string of the molecule is CCOC(=O)C1CCCN(C(=O)/C=C(\C)c2cc3c(-c4ccccc4OC)coc3c(C)c2OC)C1. The summed E-state index contributed by atoms with van der Waals surface area (Å²) >= 11 is 0. The number of methoxy groups -OCH3 is 2. The number of aryl methyl sites for hydroxylation is 1. The summed E-state index contributed by atoms with van der Waals surface area (Å²) in [7, 11) is 3.26. The number of esters is 1. The van der Waals surface area contributed by atoms with Gasteiger partial charge in [-0.15, -0.1) is 0 Å². The van der Waals surface area contributed by atoms with Crippen molar-refractivity contribution in [1.82, 2.24) is 4.90 Å². The number of likely N-dealkylation sites (tertiary alicyclic amines) is 1. The molecule has 1 unspecified atom stereocenters. The van der Waals surface area contributed by atoms with E-state index in [2.05, 4.69) is 0 Å². The van der Waals surface area contributed by atoms with Crippen LogP contribution in [0, 0.1) is 12.8 Å². The first-order valence-electron chi connectivity index (χ1n) is 12.3. The lowest BCUT2D eigenvalue weighted by molar-refractivity contribution is -0.150. The van der Waals surface area contributed by atoms with Gasteiger partial charge in [0, 0.05) is 46.8 Å². The Hall–Kier alpha value is -3.74. The average Bonchev–Trinajstić information content (AvgIpc) is 3.33. The monoisotopic (exact) mass is 491 g/mol. The van der Waals surface area contributed by atoms with Gasteiger partial charge in [-0.3, -0.25) is 9.59 Å². The van der Waals surface area contributed by atoms with Gasteiger partial charge in [-0.2, -0.15) is 0 Å². The molecule has 1 atom stereocenters. The van der Waals surface area contributed by atoms with Gasteiger partial charge >= 0.3 is 5.97 Å². The molecule has 4 rings (SSSR count). The number of nitrogens with zero attached hydrogens (tertiary/aromatic N) is 1. The molecule has 0 aliphatic carbocycles. The molecule has 36 heavy (non-hydrogen) atoms. The van der Waals surface area contributed by atoms with Crippen LogP contribution < -0.4 is 9.47 Å². The number of para-hydroxylation sites is 1. The predicted octanol–water partition coefficient (Wildman–Crippen LogP) is 5.63. The normalized spacial score (nSPS) is 16.2. The summed E-state index contributed by atoms with van der Waals surface area (Å²) in [5, 5.41) is 0.911. The summed E-state index contributed by atoms with van der Waals surface area (Å²) in [5.74, 6) is 0.770. The molecule has 2 heterocycles. The smallest absolute Gasteiger partial charge is 0.310 e. The van der Waals surface area contributed by atoms with Gasteiger partial charge in [0.25, 0.3) is 0 Å². The molecule has 3 aromatic rings. The van der Waals surface area contributed by atoms with Crippen molar-refractivity contribution in [3.8, 4) is 22.6 Å². The van der Waals surface area contributed by atoms with Crippen LogP contribution in [0.5, 0.6) is 11.5 Å². The highest BCUT2D eigenvalue weighted by atomic mass is 16.5. The van der Waals surface area contributed by atoms with Gasteiger partial charge in [0.05, 0.1) is 33.0 Å². The Morgan fingerprint density at radius 2 is 1.94 bits per heavy atom. The number of ether oxygens (including phenoxy) is 3. The Kier molecular flexibility index (Phi) is 7.67. The number of benzene rings is 2. The molecule has 0 spiro atoms. The number of carbonyl (C=O) groups is 2. The maximum absolute atomic E-state index is 13.2. The molecule has 1 saturated heterocycles. The Bertz CT molecular complexity index is 1300. The molecule has 0 bridgehead atoms. The topological polar surface area (TPSA) is 78.2 Å². The Balaban J connectivity index is 1.71. The molecule has 7 heteroatoms. The lowest BCUT2D eigenvalue weighted by Crippen LogP contribution is -2.42. The van der Waals surface area contributed by atoms with E-state index in [1.165, 1.54) is 0 Å². The minimum Gasteiger partial charge on any atom is -0.496 e. The molecule has 0 saturated carbocycles. The van der Waals surface area contributed by atoms with Gasteiger partial charge in [-0.05, 0) is 51.3 Å². The van der Waals surface area contributed by atoms with Crippen LogP contribution in [0.15, 0.2) is 47.1 Å². The van der Waals surface area contributed by atoms with E-state index >= 15 is 0 Å². The van der Waals surface area contributed by atoms with E-state index in [4.69, 9.17) is 18.6 Å². The van der Waals surface area contributed by atoms with Crippen molar-refractivity contribution < 1.29 is 28.2 Å². The Morgan fingerprint density at radius 3 is 2.67 bits per heavy atom. The number of rotatable bonds is 7. The van der Waals surface area contributed by atoms with Crippen LogP contribution in [0.4, 0.5) is 0 Å². The molecule has 7 nitrogen and oxygen atoms in total. The third-order valence-electron chi connectivity index (χ3n) is 6.76. The highest BCUT2D eigenvalue weighted by molar-refractivity contribution is 6.02. The molecule has 1 aromatic heterocycles. The maximum atomic E-state index is 13.2. The summed E-state index contributed by atoms with van der Waals surface area (Å²) in [5.41, 5.74) is 4.99. The molecule has 1 aliphatic rings. The molecule has 1 fully saturated rings. The number of hydrogen-bond acceptors (Lipinski definition) is 6. The third kappa shape index (κ3) is 4.83. The second-order valence-electron chi connectivity index (χ2n) is 9.01. The molecule has 2 aromatic carbocycles. The number of furan rings is 1. The van der Waals surface area contributed by atoms with Crippen molar-refractivity contribution in [2.45, 2.75) is 33.6 Å². The number of hydrogen-bond donors (Lipinski definition) is 0. The van der Waals surface area contributed by atoms with Gasteiger partial charge in [0.1, 0.15) is 17.1 Å². The minimum absolute atomic E-state index is 0.126. The van der Waals surface area contributed by atoms with Crippen molar-refractivity contribution in [3.05, 3.63) is 53.8 Å². The van der Waals surface area contributed by atoms with Crippen molar-refractivity contribution in [2.75, 3.05) is 33.9 Å². The van der Waals surface area contributed by atoms with Crippen LogP contribution in [-0.4, -0.2) is 50.7 Å². The lowest BCUT2D eigenvalue weighted by atomic mass is 9.95. The largest absolute Gasteiger partial charge is 0.496 e. The highest BCUT2D eigenvalue weighted by Gasteiger charge is 2.29. The van der Waals surface area contributed by atoms with Crippen LogP contribution in [0.3, 0.4) is 0 Å². The predicted molar refractivity (Wildman–Crippen MR) is 139 cm³/mol. The van der Waals surface area contributed by atoms with Crippen molar-refractivity contribution in [1.29, 1.82) is 0 Å². The zero-order valence-electron chi connectivity index (χ0n) is 21.6. The van der Waals surface area contributed by atoms with Crippen LogP contribution in [0.1, 0.15) is 37.8 Å². The van der Waals surface area contributed by atoms with Crippen LogP contribution in [0.2, 0.25) is 0 Å². The van der Waals surface area contributed by atoms with E-state index in [1.54, 1.807) is 38.4 Å². The standard InChI is InChI=1S/C29H33NO6/c1-6-35-29(32)20-10-9-13-30(16-20)26(31)14-18(2)22-15-23-24(21-11-7-8-12-25(21)33-4)17-36-28(23)19(3)27(22)34-5/h7-8,11-12,14-15,17,20H,6,9-10,13,16H2,1-5H3/b18-14+. The molecule has 0 radical (unpaired) electrons. The minimum atomic E-state index is -0.279.